The molecule has 2 N–H and O–H groups in total. The van der Waals surface area contributed by atoms with Gasteiger partial charge in [0.2, 0.25) is 0 Å². The van der Waals surface area contributed by atoms with Gasteiger partial charge in [-0.1, -0.05) is 46.3 Å². The Bertz CT molecular complexity index is 1050. The average Bonchev–Trinajstić information content (AvgIpc) is 2.63. The molecule has 122 valence electrons. The molecule has 0 bridgehead atoms. The highest BCUT2D eigenvalue weighted by Gasteiger charge is 2.11. The molecular formula is C20H14BrN3O. The van der Waals surface area contributed by atoms with Crippen molar-refractivity contribution in [3.05, 3.63) is 77.3 Å². The molecule has 0 fully saturated rings. The van der Waals surface area contributed by atoms with Crippen LogP contribution in [0.1, 0.15) is 0 Å². The molecule has 0 radical (unpaired) electrons. The second kappa shape index (κ2) is 6.53. The minimum atomic E-state index is 0.231. The molecule has 4 nitrogen and oxygen atoms in total. The molecule has 0 unspecified atom stereocenters. The number of benzene rings is 3. The monoisotopic (exact) mass is 391 g/mol. The Labute approximate surface area is 153 Å². The molecule has 4 rings (SSSR count). The molecule has 0 spiro atoms. The number of hydrogen-bond acceptors (Lipinski definition) is 4. The SMILES string of the molecule is Oc1ccc(-c2nnc(Nc3cccc(Br)c3)c3ccccc23)cc1. The Hall–Kier alpha value is -2.92. The summed E-state index contributed by atoms with van der Waals surface area (Å²) in [4.78, 5) is 0. The van der Waals surface area contributed by atoms with Gasteiger partial charge in [0, 0.05) is 26.5 Å². The van der Waals surface area contributed by atoms with Crippen LogP contribution in [-0.4, -0.2) is 15.3 Å². The predicted octanol–water partition coefficient (Wildman–Crippen LogP) is 5.51. The minimum Gasteiger partial charge on any atom is -0.508 e. The van der Waals surface area contributed by atoms with Crippen LogP contribution < -0.4 is 5.32 Å². The van der Waals surface area contributed by atoms with Crippen molar-refractivity contribution in [2.24, 2.45) is 0 Å². The predicted molar refractivity (Wildman–Crippen MR) is 104 cm³/mol. The van der Waals surface area contributed by atoms with Crippen LogP contribution in [0, 0.1) is 0 Å². The average molecular weight is 392 g/mol. The highest BCUT2D eigenvalue weighted by molar-refractivity contribution is 9.10. The summed E-state index contributed by atoms with van der Waals surface area (Å²) in [6, 6.07) is 22.9. The fourth-order valence-electron chi connectivity index (χ4n) is 2.73. The Balaban J connectivity index is 1.83. The van der Waals surface area contributed by atoms with Crippen LogP contribution in [0.2, 0.25) is 0 Å². The van der Waals surface area contributed by atoms with Crippen LogP contribution in [-0.2, 0) is 0 Å². The van der Waals surface area contributed by atoms with Gasteiger partial charge in [-0.15, -0.1) is 10.2 Å². The zero-order chi connectivity index (χ0) is 17.2. The summed E-state index contributed by atoms with van der Waals surface area (Å²) in [5.74, 6) is 0.935. The molecule has 1 aromatic heterocycles. The van der Waals surface area contributed by atoms with E-state index >= 15 is 0 Å². The standard InChI is InChI=1S/C20H14BrN3O/c21-14-4-3-5-15(12-14)22-20-18-7-2-1-6-17(18)19(23-24-20)13-8-10-16(25)11-9-13/h1-12,25H,(H,22,24). The van der Waals surface area contributed by atoms with Gasteiger partial charge in [-0.3, -0.25) is 0 Å². The number of rotatable bonds is 3. The summed E-state index contributed by atoms with van der Waals surface area (Å²) >= 11 is 3.48. The van der Waals surface area contributed by atoms with Crippen molar-refractivity contribution in [1.29, 1.82) is 0 Å². The second-order valence-electron chi connectivity index (χ2n) is 5.63. The summed E-state index contributed by atoms with van der Waals surface area (Å²) < 4.78 is 0.996. The van der Waals surface area contributed by atoms with E-state index in [1.807, 2.05) is 60.7 Å². The number of aromatic nitrogens is 2. The highest BCUT2D eigenvalue weighted by atomic mass is 79.9. The maximum absolute atomic E-state index is 9.50. The van der Waals surface area contributed by atoms with Crippen molar-refractivity contribution in [3.8, 4) is 17.0 Å². The van der Waals surface area contributed by atoms with E-state index in [0.717, 1.165) is 32.2 Å². The maximum atomic E-state index is 9.50. The third-order valence-electron chi connectivity index (χ3n) is 3.92. The number of nitrogens with one attached hydrogen (secondary N) is 1. The molecule has 0 aliphatic heterocycles. The van der Waals surface area contributed by atoms with E-state index in [2.05, 4.69) is 31.4 Å². The highest BCUT2D eigenvalue weighted by Crippen LogP contribution is 2.31. The number of phenolic OH excluding ortho intramolecular Hbond substituents is 1. The summed E-state index contributed by atoms with van der Waals surface area (Å²) in [5.41, 5.74) is 2.64. The van der Waals surface area contributed by atoms with Gasteiger partial charge in [-0.05, 0) is 42.5 Å². The van der Waals surface area contributed by atoms with Gasteiger partial charge < -0.3 is 10.4 Å². The molecule has 4 aromatic rings. The molecule has 0 aliphatic rings. The van der Waals surface area contributed by atoms with E-state index < -0.39 is 0 Å². The minimum absolute atomic E-state index is 0.231. The van der Waals surface area contributed by atoms with Crippen molar-refractivity contribution in [2.45, 2.75) is 0 Å². The van der Waals surface area contributed by atoms with Crippen LogP contribution in [0.25, 0.3) is 22.0 Å². The molecule has 3 aromatic carbocycles. The first-order chi connectivity index (χ1) is 12.2. The zero-order valence-electron chi connectivity index (χ0n) is 13.1. The Morgan fingerprint density at radius 2 is 1.56 bits per heavy atom. The van der Waals surface area contributed by atoms with Gasteiger partial charge in [0.25, 0.3) is 0 Å². The first-order valence-electron chi connectivity index (χ1n) is 7.78. The van der Waals surface area contributed by atoms with Crippen LogP contribution in [0.5, 0.6) is 5.75 Å². The van der Waals surface area contributed by atoms with Gasteiger partial charge in [-0.25, -0.2) is 0 Å². The van der Waals surface area contributed by atoms with Crippen molar-refractivity contribution in [3.63, 3.8) is 0 Å². The van der Waals surface area contributed by atoms with Gasteiger partial charge in [-0.2, -0.15) is 0 Å². The number of anilines is 2. The van der Waals surface area contributed by atoms with Gasteiger partial charge in [0.05, 0.1) is 0 Å². The lowest BCUT2D eigenvalue weighted by Gasteiger charge is -2.11. The van der Waals surface area contributed by atoms with Crippen molar-refractivity contribution in [1.82, 2.24) is 10.2 Å². The molecule has 0 saturated heterocycles. The molecule has 0 atom stereocenters. The summed E-state index contributed by atoms with van der Waals surface area (Å²) in [6.07, 6.45) is 0. The van der Waals surface area contributed by atoms with Crippen molar-refractivity contribution < 1.29 is 5.11 Å². The van der Waals surface area contributed by atoms with Gasteiger partial charge in [0.15, 0.2) is 5.82 Å². The molecule has 1 heterocycles. The Kier molecular flexibility index (Phi) is 4.07. The fraction of sp³-hybridized carbons (Fsp3) is 0. The quantitative estimate of drug-likeness (QED) is 0.483. The second-order valence-corrected chi connectivity index (χ2v) is 6.54. The summed E-state index contributed by atoms with van der Waals surface area (Å²) in [6.45, 7) is 0. The lowest BCUT2D eigenvalue weighted by Crippen LogP contribution is -1.99. The smallest absolute Gasteiger partial charge is 0.161 e. The third kappa shape index (κ3) is 3.19. The molecule has 0 amide bonds. The van der Waals surface area contributed by atoms with E-state index in [9.17, 15) is 5.11 Å². The van der Waals surface area contributed by atoms with Crippen LogP contribution >= 0.6 is 15.9 Å². The van der Waals surface area contributed by atoms with E-state index in [1.54, 1.807) is 12.1 Å². The van der Waals surface area contributed by atoms with Crippen LogP contribution in [0.4, 0.5) is 11.5 Å². The molecule has 5 heteroatoms. The molecule has 0 aliphatic carbocycles. The van der Waals surface area contributed by atoms with Crippen LogP contribution in [0.15, 0.2) is 77.3 Å². The summed E-state index contributed by atoms with van der Waals surface area (Å²) in [7, 11) is 0. The number of halogens is 1. The van der Waals surface area contributed by atoms with Crippen molar-refractivity contribution >= 4 is 38.2 Å². The third-order valence-corrected chi connectivity index (χ3v) is 4.41. The molecular weight excluding hydrogens is 378 g/mol. The van der Waals surface area contributed by atoms with E-state index in [-0.39, 0.29) is 5.75 Å². The Morgan fingerprint density at radius 1 is 0.800 bits per heavy atom. The van der Waals surface area contributed by atoms with E-state index in [1.165, 1.54) is 0 Å². The van der Waals surface area contributed by atoms with Gasteiger partial charge in [0.1, 0.15) is 11.4 Å². The Morgan fingerprint density at radius 3 is 2.32 bits per heavy atom. The number of phenols is 1. The maximum Gasteiger partial charge on any atom is 0.161 e. The fourth-order valence-corrected chi connectivity index (χ4v) is 3.13. The largest absolute Gasteiger partial charge is 0.508 e. The number of fused-ring (bicyclic) bond motifs is 1. The zero-order valence-corrected chi connectivity index (χ0v) is 14.7. The molecule has 0 saturated carbocycles. The van der Waals surface area contributed by atoms with Crippen LogP contribution in [0.3, 0.4) is 0 Å². The summed E-state index contributed by atoms with van der Waals surface area (Å²) in [5, 5.41) is 23.6. The van der Waals surface area contributed by atoms with E-state index in [0.29, 0.717) is 5.82 Å². The van der Waals surface area contributed by atoms with Crippen molar-refractivity contribution in [2.75, 3.05) is 5.32 Å². The lowest BCUT2D eigenvalue weighted by molar-refractivity contribution is 0.475. The normalized spacial score (nSPS) is 10.8. The van der Waals surface area contributed by atoms with Gasteiger partial charge >= 0.3 is 0 Å². The molecule has 25 heavy (non-hydrogen) atoms. The number of aromatic hydroxyl groups is 1. The first kappa shape index (κ1) is 15.6. The number of nitrogens with zero attached hydrogens (tertiary/aromatic N) is 2. The topological polar surface area (TPSA) is 58.0 Å². The first-order valence-corrected chi connectivity index (χ1v) is 8.57. The lowest BCUT2D eigenvalue weighted by atomic mass is 10.0. The number of hydrogen-bond donors (Lipinski definition) is 2. The van der Waals surface area contributed by atoms with E-state index in [4.69, 9.17) is 0 Å².